The van der Waals surface area contributed by atoms with Crippen molar-refractivity contribution < 1.29 is 94.6 Å². The van der Waals surface area contributed by atoms with Crippen molar-refractivity contribution in [2.75, 3.05) is 0 Å². The molecular weight excluding hydrogens is 2230 g/mol. The SMILES string of the molecule is C=C[Si]1(C)O[Si](C)(C=C)O[Si](C)(C=C)O1.C=C[Si]1(C)O[Si](C)(C=C)O[Si](C)(C=C)O[Si](C)(C=C)O1.C[SiH]1O[SiH](C)O[SiH](C)O1.C[SiH]1O[SiH](C)O[SiH](C)O[SiH](C)O1.C[Si]1(C)O[Si](C)(C)O[Si](c2ccccc2)(c2ccccc2)O1.C[Si]1(c2ccccc2)O[Si](C)(c2ccccc2)O[Si](C)(c2ccccc2)O1.c1ccc([Si]2(c3ccccc3)O[Si](c3ccccc3)(c3ccccc3)O[Si](c3ccccc3)(c3ccccc3)O2)cc1. The standard InChI is InChI=1S/C36H30O3Si3.C21H24O3Si3.C16H22O3Si3.C12H24O4Si4.C9H18O3Si3.C4H16O4Si4.C3H12O3Si3/c1-7-19-31(20-8-1)40(32-21-9-2-10-22-32)37-41(33-23-11-3-12-24-33,34-25-13-4-14-26-34)39-42(38-40,35-27-15-5-16-28-35)36-29-17-6-18-30-36;1-25(19-13-7-4-8-14-19)22-26(2,20-15-9-5-10-16-20)24-27(3,23-25)21-17-11-6-12-18-21;1-20(2)17-21(3,4)19-22(18-20,15-11-7-5-8-12-15)16-13-9-6-10-14-16;1-9-17(5)13-18(6,10-2)15-20(8,12-4)16-19(7,11-3)14-17;1-7-13(4)10-14(5,8-2)12-15(6,9-3)11-13;1-9-5-10(2)7-12(4)8-11(3)6-9;1-7-4-8(2)6-9(3)5-7/h1-30H;4-18H,1-3H3;5-14H,1-4H3;9-12H,1-4H2,5-8H3;7-9H,1-3H2,4-6H3;9-12H,1-4H3;7-9H,1-3H3. The summed E-state index contributed by atoms with van der Waals surface area (Å²) in [6.45, 7) is 69.8. The molecule has 0 spiro atoms. The molecule has 46 heteroatoms. The van der Waals surface area contributed by atoms with Gasteiger partial charge in [0.2, 0.25) is 0 Å². The van der Waals surface area contributed by atoms with Crippen molar-refractivity contribution in [3.8, 4) is 0 Å². The van der Waals surface area contributed by atoms with Crippen LogP contribution in [0.4, 0.5) is 0 Å². The molecule has 7 aliphatic rings. The third-order valence-corrected chi connectivity index (χ3v) is 113. The van der Waals surface area contributed by atoms with Gasteiger partial charge in [0.15, 0.2) is 0 Å². The highest BCUT2D eigenvalue weighted by Gasteiger charge is 2.68. The van der Waals surface area contributed by atoms with Gasteiger partial charge in [-0.2, -0.15) is 0 Å². The van der Waals surface area contributed by atoms with E-state index >= 15 is 0 Å². The Balaban J connectivity index is 0.000000161. The molecule has 0 aliphatic carbocycles. The van der Waals surface area contributed by atoms with Crippen LogP contribution in [0, 0.1) is 0 Å². The topological polar surface area (TPSA) is 212 Å². The Morgan fingerprint density at radius 3 is 0.388 bits per heavy atom. The summed E-state index contributed by atoms with van der Waals surface area (Å²) in [7, 11) is -52.0. The Bertz CT molecular complexity index is 5340. The van der Waals surface area contributed by atoms with E-state index in [4.69, 9.17) is 94.6 Å². The van der Waals surface area contributed by atoms with Gasteiger partial charge in [0.1, 0.15) is 0 Å². The molecule has 7 fully saturated rings. The lowest BCUT2D eigenvalue weighted by Gasteiger charge is -2.53. The maximum Gasteiger partial charge on any atom is 0.390 e. The van der Waals surface area contributed by atoms with Crippen LogP contribution < -0.4 is 57.1 Å². The lowest BCUT2D eigenvalue weighted by molar-refractivity contribution is 0.246. The fourth-order valence-electron chi connectivity index (χ4n) is 18.3. The smallest absolute Gasteiger partial charge is 0.390 e. The van der Waals surface area contributed by atoms with Gasteiger partial charge in [0, 0.05) is 0 Å². The van der Waals surface area contributed by atoms with Crippen molar-refractivity contribution in [3.63, 3.8) is 0 Å². The first-order chi connectivity index (χ1) is 69.7. The largest absolute Gasteiger partial charge is 0.420 e. The second-order valence-electron chi connectivity index (χ2n) is 38.2. The van der Waals surface area contributed by atoms with Gasteiger partial charge in [-0.1, -0.05) is 374 Å². The van der Waals surface area contributed by atoms with Gasteiger partial charge in [0.05, 0.1) is 0 Å². The van der Waals surface area contributed by atoms with Crippen LogP contribution in [0.1, 0.15) is 0 Å². The molecule has 0 amide bonds. The molecule has 7 aliphatic heterocycles. The van der Waals surface area contributed by atoms with Crippen LogP contribution in [0.3, 0.4) is 0 Å². The highest BCUT2D eigenvalue weighted by molar-refractivity contribution is 7.16. The maximum atomic E-state index is 7.77. The van der Waals surface area contributed by atoms with Crippen LogP contribution in [0.5, 0.6) is 0 Å². The summed E-state index contributed by atoms with van der Waals surface area (Å²) >= 11 is 0. The summed E-state index contributed by atoms with van der Waals surface area (Å²) in [6.07, 6.45) is 0. The second-order valence-corrected chi connectivity index (χ2v) is 106. The van der Waals surface area contributed by atoms with Gasteiger partial charge < -0.3 is 94.6 Å². The highest BCUT2D eigenvalue weighted by atomic mass is 28.6. The minimum absolute atomic E-state index is 1.06. The first kappa shape index (κ1) is 119. The fraction of sp³-hybridized carbons (Fsp3) is 0.208. The van der Waals surface area contributed by atoms with E-state index in [1.807, 2.05) is 139 Å². The summed E-state index contributed by atoms with van der Waals surface area (Å²) in [5, 5.41) is 12.1. The van der Waals surface area contributed by atoms with Crippen LogP contribution in [0.25, 0.3) is 0 Å². The lowest BCUT2D eigenvalue weighted by atomic mass is 10.4. The summed E-state index contributed by atoms with van der Waals surface area (Å²) in [6, 6.07) is 115. The van der Waals surface area contributed by atoms with E-state index in [-0.39, 0.29) is 0 Å². The summed E-state index contributed by atoms with van der Waals surface area (Å²) in [5.41, 5.74) is 12.4. The van der Waals surface area contributed by atoms with Gasteiger partial charge in [-0.05, 0) is 195 Å². The van der Waals surface area contributed by atoms with Crippen molar-refractivity contribution in [1.29, 1.82) is 0 Å². The molecule has 0 unspecified atom stereocenters. The van der Waals surface area contributed by atoms with Crippen molar-refractivity contribution in [3.05, 3.63) is 420 Å². The maximum absolute atomic E-state index is 7.77. The molecular formula is C101H146O23Si23. The van der Waals surface area contributed by atoms with E-state index in [1.54, 1.807) is 39.9 Å². The molecule has 0 bridgehead atoms. The molecule has 11 aromatic rings. The predicted octanol–water partition coefficient (Wildman–Crippen LogP) is 14.3. The Morgan fingerprint density at radius 1 is 0.150 bits per heavy atom. The first-order valence-electron chi connectivity index (χ1n) is 49.5. The second kappa shape index (κ2) is 51.4. The zero-order valence-electron chi connectivity index (χ0n) is 88.7. The molecule has 147 heavy (non-hydrogen) atoms. The Kier molecular flexibility index (Phi) is 41.7. The van der Waals surface area contributed by atoms with Gasteiger partial charge in [-0.25, -0.2) is 0 Å². The van der Waals surface area contributed by atoms with E-state index in [2.05, 4.69) is 378 Å². The summed E-state index contributed by atoms with van der Waals surface area (Å²) in [5.74, 6) is 0. The normalized spacial score (nSPS) is 31.1. The fourth-order valence-corrected chi connectivity index (χ4v) is 118. The van der Waals surface area contributed by atoms with E-state index in [0.29, 0.717) is 0 Å². The molecule has 11 aromatic carbocycles. The summed E-state index contributed by atoms with van der Waals surface area (Å²) < 4.78 is 145. The van der Waals surface area contributed by atoms with Gasteiger partial charge in [-0.3, -0.25) is 0 Å². The van der Waals surface area contributed by atoms with E-state index in [1.165, 1.54) is 0 Å². The Labute approximate surface area is 902 Å². The van der Waals surface area contributed by atoms with Crippen molar-refractivity contribution >= 4 is 259 Å². The van der Waals surface area contributed by atoms with E-state index in [0.717, 1.165) is 57.1 Å². The number of rotatable bonds is 18. The minimum atomic E-state index is -3.44. The van der Waals surface area contributed by atoms with Crippen molar-refractivity contribution in [2.24, 2.45) is 0 Å². The third kappa shape index (κ3) is 30.9. The van der Waals surface area contributed by atoms with Gasteiger partial charge in [0.25, 0.3) is 65.0 Å². The van der Waals surface area contributed by atoms with E-state index < -0.39 is 202 Å². The zero-order chi connectivity index (χ0) is 106. The van der Waals surface area contributed by atoms with Crippen molar-refractivity contribution in [2.45, 2.75) is 137 Å². The number of hydrogen-bond acceptors (Lipinski definition) is 23. The highest BCUT2D eigenvalue weighted by Crippen LogP contribution is 2.39. The minimum Gasteiger partial charge on any atom is -0.420 e. The lowest BCUT2D eigenvalue weighted by Crippen LogP contribution is -2.88. The van der Waals surface area contributed by atoms with Crippen LogP contribution in [-0.4, -0.2) is 202 Å². The third-order valence-electron chi connectivity index (χ3n) is 24.5. The molecule has 0 aromatic heterocycles. The molecule has 780 valence electrons. The number of benzene rings is 11. The molecule has 0 saturated carbocycles. The zero-order valence-corrected chi connectivity index (χ0v) is 113. The molecule has 7 saturated heterocycles. The average Bonchev–Trinajstić information content (AvgIpc) is 0.692. The van der Waals surface area contributed by atoms with Gasteiger partial charge >= 0.3 is 137 Å². The Hall–Kier alpha value is -6.33. The van der Waals surface area contributed by atoms with Crippen LogP contribution in [0.2, 0.25) is 137 Å². The molecule has 0 atom stereocenters. The first-order valence-corrected chi connectivity index (χ1v) is 101. The molecule has 0 radical (unpaired) electrons. The molecule has 7 heterocycles. The van der Waals surface area contributed by atoms with E-state index in [9.17, 15) is 0 Å². The Morgan fingerprint density at radius 2 is 0.265 bits per heavy atom. The molecule has 23 nitrogen and oxygen atoms in total. The average molecular weight is 2370 g/mol. The van der Waals surface area contributed by atoms with Crippen LogP contribution >= 0.6 is 0 Å². The monoisotopic (exact) mass is 2370 g/mol. The molecule has 18 rings (SSSR count). The van der Waals surface area contributed by atoms with Crippen LogP contribution in [-0.2, 0) is 94.6 Å². The molecule has 0 N–H and O–H groups in total. The van der Waals surface area contributed by atoms with Crippen LogP contribution in [0.15, 0.2) is 420 Å². The van der Waals surface area contributed by atoms with Gasteiger partial charge in [-0.15, -0.1) is 46.1 Å². The predicted molar refractivity (Wildman–Crippen MR) is 648 cm³/mol. The quantitative estimate of drug-likeness (QED) is 0.0731. The number of hydrogen-bond donors (Lipinski definition) is 0. The van der Waals surface area contributed by atoms with Crippen molar-refractivity contribution in [1.82, 2.24) is 0 Å². The summed E-state index contributed by atoms with van der Waals surface area (Å²) in [4.78, 5) is 0.